The van der Waals surface area contributed by atoms with E-state index in [1.165, 1.54) is 5.56 Å². The highest BCUT2D eigenvalue weighted by molar-refractivity contribution is 5.80. The van der Waals surface area contributed by atoms with Crippen molar-refractivity contribution in [2.75, 3.05) is 13.3 Å². The minimum Gasteiger partial charge on any atom is -0.491 e. The van der Waals surface area contributed by atoms with E-state index in [4.69, 9.17) is 15.2 Å². The molecule has 2 aromatic carbocycles. The van der Waals surface area contributed by atoms with Gasteiger partial charge in [0.15, 0.2) is 0 Å². The number of rotatable bonds is 9. The molecule has 0 radical (unpaired) electrons. The molecule has 1 fully saturated rings. The highest BCUT2D eigenvalue weighted by atomic mass is 19.1. The van der Waals surface area contributed by atoms with Crippen LogP contribution in [0, 0.1) is 0 Å². The Bertz CT molecular complexity index is 772. The zero-order chi connectivity index (χ0) is 19.3. The van der Waals surface area contributed by atoms with Crippen molar-refractivity contribution < 1.29 is 18.7 Å². The molecule has 0 saturated heterocycles. The van der Waals surface area contributed by atoms with Crippen molar-refractivity contribution in [3.05, 3.63) is 65.2 Å². The highest BCUT2D eigenvalue weighted by Crippen LogP contribution is 2.43. The first-order valence-electron chi connectivity index (χ1n) is 9.31. The van der Waals surface area contributed by atoms with Crippen LogP contribution >= 0.6 is 0 Å². The van der Waals surface area contributed by atoms with Gasteiger partial charge in [-0.3, -0.25) is 4.79 Å². The molecular formula is C22H26FNO3. The van der Waals surface area contributed by atoms with Crippen LogP contribution in [0.25, 0.3) is 0 Å². The third-order valence-corrected chi connectivity index (χ3v) is 4.71. The number of hydrogen-bond acceptors (Lipinski definition) is 4. The number of esters is 1. The average Bonchev–Trinajstić information content (AvgIpc) is 3.50. The molecule has 3 rings (SSSR count). The van der Waals surface area contributed by atoms with Gasteiger partial charge in [0.1, 0.15) is 31.2 Å². The monoisotopic (exact) mass is 371 g/mol. The van der Waals surface area contributed by atoms with E-state index in [1.54, 1.807) is 6.92 Å². The molecule has 1 saturated carbocycles. The molecule has 2 N–H and O–H groups in total. The van der Waals surface area contributed by atoms with Gasteiger partial charge in [0.25, 0.3) is 0 Å². The van der Waals surface area contributed by atoms with E-state index in [1.807, 2.05) is 48.5 Å². The number of benzene rings is 2. The molecule has 1 aliphatic rings. The largest absolute Gasteiger partial charge is 0.491 e. The van der Waals surface area contributed by atoms with E-state index in [0.717, 1.165) is 24.0 Å². The molecule has 0 bridgehead atoms. The molecule has 0 aliphatic heterocycles. The molecule has 0 aromatic heterocycles. The number of halogens is 1. The number of nitrogens with two attached hydrogens (primary N) is 1. The highest BCUT2D eigenvalue weighted by Gasteiger charge is 2.34. The van der Waals surface area contributed by atoms with Gasteiger partial charge in [-0.05, 0) is 54.5 Å². The van der Waals surface area contributed by atoms with Crippen LogP contribution in [0.5, 0.6) is 5.75 Å². The van der Waals surface area contributed by atoms with Crippen molar-refractivity contribution in [2.45, 2.75) is 44.2 Å². The van der Waals surface area contributed by atoms with Crippen LogP contribution in [0.1, 0.15) is 42.4 Å². The Hall–Kier alpha value is -2.40. The lowest BCUT2D eigenvalue weighted by Gasteiger charge is -2.24. The Kier molecular flexibility index (Phi) is 6.11. The summed E-state index contributed by atoms with van der Waals surface area (Å²) in [6, 6.07) is 15.2. The van der Waals surface area contributed by atoms with Gasteiger partial charge in [0.05, 0.1) is 0 Å². The number of alkyl halides is 1. The lowest BCUT2D eigenvalue weighted by molar-refractivity contribution is -0.150. The Labute approximate surface area is 159 Å². The van der Waals surface area contributed by atoms with Crippen LogP contribution in [0.15, 0.2) is 48.5 Å². The lowest BCUT2D eigenvalue weighted by Crippen LogP contribution is -2.48. The number of carbonyl (C=O) groups excluding carboxylic acids is 1. The molecule has 144 valence electrons. The van der Waals surface area contributed by atoms with E-state index >= 15 is 0 Å². The minimum atomic E-state index is -1.16. The number of ether oxygens (including phenoxy) is 2. The van der Waals surface area contributed by atoms with Gasteiger partial charge in [0.2, 0.25) is 0 Å². The van der Waals surface area contributed by atoms with Crippen molar-refractivity contribution >= 4 is 5.97 Å². The fourth-order valence-corrected chi connectivity index (χ4v) is 3.13. The van der Waals surface area contributed by atoms with E-state index in [-0.39, 0.29) is 13.2 Å². The molecule has 1 atom stereocenters. The molecule has 1 aliphatic carbocycles. The fourth-order valence-electron chi connectivity index (χ4n) is 3.13. The van der Waals surface area contributed by atoms with E-state index < -0.39 is 18.2 Å². The van der Waals surface area contributed by atoms with Gasteiger partial charge >= 0.3 is 5.97 Å². The average molecular weight is 371 g/mol. The summed E-state index contributed by atoms with van der Waals surface area (Å²) in [5, 5.41) is 0. The second-order valence-electron chi connectivity index (χ2n) is 7.33. The van der Waals surface area contributed by atoms with Gasteiger partial charge in [-0.15, -0.1) is 0 Å². The van der Waals surface area contributed by atoms with E-state index in [9.17, 15) is 9.18 Å². The summed E-state index contributed by atoms with van der Waals surface area (Å²) in [6.07, 6.45) is 2.62. The van der Waals surface area contributed by atoms with Gasteiger partial charge in [0, 0.05) is 6.42 Å². The molecular weight excluding hydrogens is 345 g/mol. The van der Waals surface area contributed by atoms with Crippen molar-refractivity contribution in [1.29, 1.82) is 0 Å². The van der Waals surface area contributed by atoms with Gasteiger partial charge < -0.3 is 15.2 Å². The predicted octanol–water partition coefficient (Wildman–Crippen LogP) is 3.92. The Morgan fingerprint density at radius 2 is 1.96 bits per heavy atom. The first kappa shape index (κ1) is 19.4. The Balaban J connectivity index is 1.70. The van der Waals surface area contributed by atoms with E-state index in [2.05, 4.69) is 0 Å². The maximum atomic E-state index is 12.6. The Morgan fingerprint density at radius 1 is 1.22 bits per heavy atom. The SMILES string of the molecule is CC(N)(Cc1cc(OCCF)ccc1C1CC1)C(=O)OCc1ccccc1. The summed E-state index contributed by atoms with van der Waals surface area (Å²) in [5.41, 5.74) is 8.24. The summed E-state index contributed by atoms with van der Waals surface area (Å²) < 4.78 is 23.2. The smallest absolute Gasteiger partial charge is 0.326 e. The van der Waals surface area contributed by atoms with Crippen molar-refractivity contribution in [3.8, 4) is 5.75 Å². The maximum absolute atomic E-state index is 12.6. The number of hydrogen-bond donors (Lipinski definition) is 1. The summed E-state index contributed by atoms with van der Waals surface area (Å²) in [6.45, 7) is 1.36. The van der Waals surface area contributed by atoms with Crippen LogP contribution in [-0.4, -0.2) is 24.8 Å². The minimum absolute atomic E-state index is 0.0151. The second-order valence-corrected chi connectivity index (χ2v) is 7.33. The predicted molar refractivity (Wildman–Crippen MR) is 102 cm³/mol. The van der Waals surface area contributed by atoms with Crippen LogP contribution in [0.2, 0.25) is 0 Å². The topological polar surface area (TPSA) is 61.5 Å². The second kappa shape index (κ2) is 8.53. The normalized spacial score (nSPS) is 15.8. The summed E-state index contributed by atoms with van der Waals surface area (Å²) in [4.78, 5) is 12.6. The molecule has 0 amide bonds. The third kappa shape index (κ3) is 5.30. The molecule has 0 spiro atoms. The quantitative estimate of drug-likeness (QED) is 0.679. The number of carbonyl (C=O) groups is 1. The van der Waals surface area contributed by atoms with E-state index in [0.29, 0.717) is 18.1 Å². The van der Waals surface area contributed by atoms with Crippen LogP contribution in [0.4, 0.5) is 4.39 Å². The lowest BCUT2D eigenvalue weighted by atomic mass is 9.89. The van der Waals surface area contributed by atoms with Crippen molar-refractivity contribution in [1.82, 2.24) is 0 Å². The molecule has 2 aromatic rings. The Morgan fingerprint density at radius 3 is 2.63 bits per heavy atom. The van der Waals surface area contributed by atoms with Gasteiger partial charge in [-0.25, -0.2) is 4.39 Å². The summed E-state index contributed by atoms with van der Waals surface area (Å²) in [5.74, 6) is 0.662. The van der Waals surface area contributed by atoms with Crippen molar-refractivity contribution in [3.63, 3.8) is 0 Å². The van der Waals surface area contributed by atoms with Crippen LogP contribution in [0.3, 0.4) is 0 Å². The summed E-state index contributed by atoms with van der Waals surface area (Å²) >= 11 is 0. The van der Waals surface area contributed by atoms with Crippen LogP contribution in [-0.2, 0) is 22.6 Å². The molecule has 27 heavy (non-hydrogen) atoms. The fraction of sp³-hybridized carbons (Fsp3) is 0.409. The molecule has 4 nitrogen and oxygen atoms in total. The molecule has 0 heterocycles. The summed E-state index contributed by atoms with van der Waals surface area (Å²) in [7, 11) is 0. The standard InChI is InChI=1S/C22H26FNO3/c1-22(24,21(25)27-15-16-5-3-2-4-6-16)14-18-13-19(26-12-11-23)9-10-20(18)17-7-8-17/h2-6,9-10,13,17H,7-8,11-12,14-15,24H2,1H3. The maximum Gasteiger partial charge on any atom is 0.326 e. The third-order valence-electron chi connectivity index (χ3n) is 4.71. The van der Waals surface area contributed by atoms with Crippen LogP contribution < -0.4 is 10.5 Å². The zero-order valence-electron chi connectivity index (χ0n) is 15.6. The van der Waals surface area contributed by atoms with Gasteiger partial charge in [-0.1, -0.05) is 36.4 Å². The molecule has 1 unspecified atom stereocenters. The first-order chi connectivity index (χ1) is 13.0. The first-order valence-corrected chi connectivity index (χ1v) is 9.31. The zero-order valence-corrected chi connectivity index (χ0v) is 15.6. The molecule has 5 heteroatoms. The van der Waals surface area contributed by atoms with Gasteiger partial charge in [-0.2, -0.15) is 0 Å². The van der Waals surface area contributed by atoms with Crippen molar-refractivity contribution in [2.24, 2.45) is 5.73 Å².